The predicted molar refractivity (Wildman–Crippen MR) is 62.2 cm³/mol. The maximum Gasteiger partial charge on any atom is 0.0709 e. The van der Waals surface area contributed by atoms with E-state index >= 15 is 0 Å². The van der Waals surface area contributed by atoms with Gasteiger partial charge in [0.1, 0.15) is 0 Å². The fourth-order valence-corrected chi connectivity index (χ4v) is 3.03. The largest absolute Gasteiger partial charge is 0.352 e. The Balaban J connectivity index is 2.73. The van der Waals surface area contributed by atoms with E-state index in [4.69, 9.17) is 0 Å². The molecule has 2 heteroatoms. The summed E-state index contributed by atoms with van der Waals surface area (Å²) >= 11 is 0. The molecule has 0 bridgehead atoms. The van der Waals surface area contributed by atoms with E-state index in [0.29, 0.717) is 0 Å². The third-order valence-corrected chi connectivity index (χ3v) is 3.33. The Morgan fingerprint density at radius 2 is 2.00 bits per heavy atom. The summed E-state index contributed by atoms with van der Waals surface area (Å²) in [4.78, 5) is 2.40. The minimum Gasteiger partial charge on any atom is -0.352 e. The molecule has 1 saturated heterocycles. The average molecular weight is 195 g/mol. The van der Waals surface area contributed by atoms with E-state index in [1.54, 1.807) is 5.70 Å². The van der Waals surface area contributed by atoms with Gasteiger partial charge in [0.05, 0.1) is 8.07 Å². The number of nitrogens with zero attached hydrogens (tertiary/aromatic N) is 1. The summed E-state index contributed by atoms with van der Waals surface area (Å²) in [6.45, 7) is 10.5. The van der Waals surface area contributed by atoms with Crippen molar-refractivity contribution in [1.29, 1.82) is 0 Å². The second-order valence-electron chi connectivity index (χ2n) is 4.78. The van der Waals surface area contributed by atoms with Crippen LogP contribution in [0.4, 0.5) is 0 Å². The van der Waals surface area contributed by atoms with Crippen LogP contribution in [0.25, 0.3) is 0 Å². The molecule has 0 aliphatic carbocycles. The van der Waals surface area contributed by atoms with Gasteiger partial charge in [-0.3, -0.25) is 0 Å². The molecule has 74 valence electrons. The van der Waals surface area contributed by atoms with E-state index in [0.717, 1.165) is 0 Å². The van der Waals surface area contributed by atoms with Crippen LogP contribution < -0.4 is 0 Å². The molecule has 1 rings (SSSR count). The predicted octanol–water partition coefficient (Wildman–Crippen LogP) is 3.38. The molecule has 0 amide bonds. The third kappa shape index (κ3) is 3.39. The molecule has 0 aromatic carbocycles. The van der Waals surface area contributed by atoms with E-state index in [-0.39, 0.29) is 0 Å². The lowest BCUT2D eigenvalue weighted by molar-refractivity contribution is 0.534. The molecule has 0 radical (unpaired) electrons. The summed E-state index contributed by atoms with van der Waals surface area (Å²) < 4.78 is 0. The van der Waals surface area contributed by atoms with Crippen LogP contribution in [0, 0.1) is 0 Å². The monoisotopic (exact) mass is 195 g/mol. The first-order valence-corrected chi connectivity index (χ1v) is 8.72. The molecule has 0 N–H and O–H groups in total. The zero-order valence-electron chi connectivity index (χ0n) is 9.30. The second-order valence-corrected chi connectivity index (χ2v) is 9.80. The SMILES string of the molecule is C/C=C/N1CCC/C1=C\[Si](C)(C)C. The molecule has 1 aliphatic rings. The van der Waals surface area contributed by atoms with Gasteiger partial charge in [-0.25, -0.2) is 0 Å². The van der Waals surface area contributed by atoms with Gasteiger partial charge in [-0.1, -0.05) is 31.4 Å². The standard InChI is InChI=1S/C11H21NSi/c1-5-8-12-9-6-7-11(12)10-13(2,3)4/h5,8,10H,6-7,9H2,1-4H3/b8-5+,11-10+. The number of rotatable bonds is 2. The topological polar surface area (TPSA) is 3.24 Å². The van der Waals surface area contributed by atoms with Crippen LogP contribution in [0.2, 0.25) is 19.6 Å². The van der Waals surface area contributed by atoms with Crippen molar-refractivity contribution >= 4 is 8.07 Å². The van der Waals surface area contributed by atoms with Crippen LogP contribution >= 0.6 is 0 Å². The van der Waals surface area contributed by atoms with E-state index < -0.39 is 8.07 Å². The lowest BCUT2D eigenvalue weighted by Gasteiger charge is -2.18. The molecule has 0 aromatic rings. The van der Waals surface area contributed by atoms with E-state index in [9.17, 15) is 0 Å². The highest BCUT2D eigenvalue weighted by molar-refractivity contribution is 6.81. The second kappa shape index (κ2) is 4.14. The van der Waals surface area contributed by atoms with Crippen LogP contribution in [0.15, 0.2) is 23.7 Å². The third-order valence-electron chi connectivity index (χ3n) is 2.13. The molecule has 0 aromatic heterocycles. The Morgan fingerprint density at radius 3 is 2.54 bits per heavy atom. The van der Waals surface area contributed by atoms with Gasteiger partial charge >= 0.3 is 0 Å². The first kappa shape index (κ1) is 10.6. The highest BCUT2D eigenvalue weighted by Gasteiger charge is 2.18. The molecule has 1 fully saturated rings. The van der Waals surface area contributed by atoms with Crippen LogP contribution in [0.1, 0.15) is 19.8 Å². The molecule has 13 heavy (non-hydrogen) atoms. The summed E-state index contributed by atoms with van der Waals surface area (Å²) in [5, 5.41) is 0. The maximum absolute atomic E-state index is 2.53. The van der Waals surface area contributed by atoms with Crippen molar-refractivity contribution in [3.63, 3.8) is 0 Å². The zero-order valence-corrected chi connectivity index (χ0v) is 10.3. The smallest absolute Gasteiger partial charge is 0.0709 e. The van der Waals surface area contributed by atoms with Gasteiger partial charge in [-0.15, -0.1) is 0 Å². The summed E-state index contributed by atoms with van der Waals surface area (Å²) in [7, 11) is -1.03. The molecular formula is C11H21NSi. The molecular weight excluding hydrogens is 174 g/mol. The Bertz CT molecular complexity index is 223. The molecule has 1 aliphatic heterocycles. The first-order valence-electron chi connectivity index (χ1n) is 5.14. The fourth-order valence-electron chi connectivity index (χ4n) is 1.72. The summed E-state index contributed by atoms with van der Waals surface area (Å²) in [5.41, 5.74) is 4.08. The summed E-state index contributed by atoms with van der Waals surface area (Å²) in [6, 6.07) is 0. The number of hydrogen-bond donors (Lipinski definition) is 0. The number of allylic oxidation sites excluding steroid dienone is 2. The zero-order chi connectivity index (χ0) is 9.90. The van der Waals surface area contributed by atoms with Crippen LogP contribution in [0.5, 0.6) is 0 Å². The first-order chi connectivity index (χ1) is 6.03. The highest BCUT2D eigenvalue weighted by atomic mass is 28.3. The van der Waals surface area contributed by atoms with Crippen molar-refractivity contribution in [2.24, 2.45) is 0 Å². The van der Waals surface area contributed by atoms with E-state index in [1.165, 1.54) is 19.4 Å². The normalized spacial score (nSPS) is 22.2. The van der Waals surface area contributed by atoms with Gasteiger partial charge in [0.2, 0.25) is 0 Å². The van der Waals surface area contributed by atoms with Crippen molar-refractivity contribution < 1.29 is 0 Å². The lowest BCUT2D eigenvalue weighted by Crippen LogP contribution is -2.20. The van der Waals surface area contributed by atoms with Gasteiger partial charge in [0.25, 0.3) is 0 Å². The number of likely N-dealkylation sites (tertiary alicyclic amines) is 1. The summed E-state index contributed by atoms with van der Waals surface area (Å²) in [5.74, 6) is 0. The Hall–Kier alpha value is -0.503. The van der Waals surface area contributed by atoms with Crippen LogP contribution in [-0.2, 0) is 0 Å². The summed E-state index contributed by atoms with van der Waals surface area (Å²) in [6.07, 6.45) is 6.93. The van der Waals surface area contributed by atoms with Gasteiger partial charge in [-0.05, 0) is 26.0 Å². The van der Waals surface area contributed by atoms with Crippen LogP contribution in [-0.4, -0.2) is 19.5 Å². The Labute approximate surface area is 83.1 Å². The van der Waals surface area contributed by atoms with Gasteiger partial charge in [0.15, 0.2) is 0 Å². The minimum absolute atomic E-state index is 1.03. The number of hydrogen-bond acceptors (Lipinski definition) is 1. The van der Waals surface area contributed by atoms with Crippen molar-refractivity contribution in [2.45, 2.75) is 39.4 Å². The van der Waals surface area contributed by atoms with Crippen molar-refractivity contribution in [2.75, 3.05) is 6.54 Å². The molecule has 0 saturated carbocycles. The Morgan fingerprint density at radius 1 is 1.31 bits per heavy atom. The van der Waals surface area contributed by atoms with Crippen LogP contribution in [0.3, 0.4) is 0 Å². The minimum atomic E-state index is -1.03. The van der Waals surface area contributed by atoms with Gasteiger partial charge in [-0.2, -0.15) is 0 Å². The van der Waals surface area contributed by atoms with Gasteiger partial charge < -0.3 is 4.90 Å². The van der Waals surface area contributed by atoms with Crippen molar-refractivity contribution in [1.82, 2.24) is 4.90 Å². The highest BCUT2D eigenvalue weighted by Crippen LogP contribution is 2.23. The van der Waals surface area contributed by atoms with Gasteiger partial charge in [0, 0.05) is 12.2 Å². The lowest BCUT2D eigenvalue weighted by atomic mass is 10.3. The molecule has 1 heterocycles. The van der Waals surface area contributed by atoms with E-state index in [2.05, 4.69) is 49.4 Å². The molecule has 0 unspecified atom stereocenters. The molecule has 1 nitrogen and oxygen atoms in total. The fraction of sp³-hybridized carbons (Fsp3) is 0.636. The van der Waals surface area contributed by atoms with E-state index in [1.807, 2.05) is 0 Å². The molecule has 0 atom stereocenters. The van der Waals surface area contributed by atoms with Crippen molar-refractivity contribution in [3.8, 4) is 0 Å². The Kier molecular flexibility index (Phi) is 3.37. The maximum atomic E-state index is 2.53. The quantitative estimate of drug-likeness (QED) is 0.611. The van der Waals surface area contributed by atoms with Crippen molar-refractivity contribution in [3.05, 3.63) is 23.7 Å². The average Bonchev–Trinajstić information content (AvgIpc) is 2.34. The molecule has 0 spiro atoms.